The molecular formula is C11H17NOS. The number of ether oxygens (including phenoxy) is 1. The van der Waals surface area contributed by atoms with Crippen molar-refractivity contribution in [3.8, 4) is 5.75 Å². The van der Waals surface area contributed by atoms with Gasteiger partial charge < -0.3 is 10.5 Å². The summed E-state index contributed by atoms with van der Waals surface area (Å²) in [5, 5.41) is 0. The summed E-state index contributed by atoms with van der Waals surface area (Å²) in [6, 6.07) is 8.36. The molecule has 0 fully saturated rings. The second kappa shape index (κ2) is 5.94. The maximum absolute atomic E-state index is 5.83. The van der Waals surface area contributed by atoms with Crippen LogP contribution in [0.1, 0.15) is 13.3 Å². The van der Waals surface area contributed by atoms with Crippen LogP contribution in [0.25, 0.3) is 0 Å². The maximum atomic E-state index is 5.83. The highest BCUT2D eigenvalue weighted by Crippen LogP contribution is 2.21. The van der Waals surface area contributed by atoms with Crippen molar-refractivity contribution in [1.29, 1.82) is 0 Å². The van der Waals surface area contributed by atoms with Crippen LogP contribution in [-0.2, 0) is 0 Å². The predicted octanol–water partition coefficient (Wildman–Crippen LogP) is 2.52. The minimum atomic E-state index is 0.294. The highest BCUT2D eigenvalue weighted by Gasteiger charge is 2.00. The van der Waals surface area contributed by atoms with Crippen molar-refractivity contribution >= 4 is 11.8 Å². The van der Waals surface area contributed by atoms with Crippen LogP contribution in [-0.4, -0.2) is 18.9 Å². The Bertz CT molecular complexity index is 260. The number of methoxy groups -OCH3 is 1. The molecule has 0 saturated heterocycles. The Morgan fingerprint density at radius 3 is 2.50 bits per heavy atom. The summed E-state index contributed by atoms with van der Waals surface area (Å²) in [5.41, 5.74) is 5.83. The first kappa shape index (κ1) is 11.4. The summed E-state index contributed by atoms with van der Waals surface area (Å²) in [4.78, 5) is 1.25. The largest absolute Gasteiger partial charge is 0.497 e. The van der Waals surface area contributed by atoms with E-state index in [1.165, 1.54) is 4.90 Å². The maximum Gasteiger partial charge on any atom is 0.118 e. The number of thioether (sulfide) groups is 1. The van der Waals surface area contributed by atoms with Gasteiger partial charge in [-0.25, -0.2) is 0 Å². The van der Waals surface area contributed by atoms with Crippen molar-refractivity contribution in [3.05, 3.63) is 24.3 Å². The van der Waals surface area contributed by atoms with Gasteiger partial charge in [0.15, 0.2) is 0 Å². The summed E-state index contributed by atoms with van der Waals surface area (Å²) in [5.74, 6) is 1.87. The van der Waals surface area contributed by atoms with Crippen molar-refractivity contribution in [2.45, 2.75) is 24.3 Å². The molecule has 0 radical (unpaired) electrons. The number of rotatable bonds is 5. The summed E-state index contributed by atoms with van der Waals surface area (Å²) in [7, 11) is 1.68. The van der Waals surface area contributed by atoms with Gasteiger partial charge in [-0.05, 0) is 30.7 Å². The summed E-state index contributed by atoms with van der Waals surface area (Å²) in [6.45, 7) is 2.11. The minimum absolute atomic E-state index is 0.294. The Kier molecular flexibility index (Phi) is 4.84. The van der Waals surface area contributed by atoms with Crippen LogP contribution in [0.3, 0.4) is 0 Å². The quantitative estimate of drug-likeness (QED) is 0.760. The lowest BCUT2D eigenvalue weighted by molar-refractivity contribution is 0.414. The van der Waals surface area contributed by atoms with Gasteiger partial charge in [-0.2, -0.15) is 0 Å². The molecular weight excluding hydrogens is 194 g/mol. The monoisotopic (exact) mass is 211 g/mol. The molecule has 1 aromatic carbocycles. The zero-order valence-electron chi connectivity index (χ0n) is 8.69. The van der Waals surface area contributed by atoms with Gasteiger partial charge in [-0.15, -0.1) is 11.8 Å². The third kappa shape index (κ3) is 3.60. The Balaban J connectivity index is 2.43. The number of nitrogens with two attached hydrogens (primary N) is 1. The van der Waals surface area contributed by atoms with Crippen LogP contribution < -0.4 is 10.5 Å². The molecule has 1 rings (SSSR count). The molecule has 1 aromatic rings. The lowest BCUT2D eigenvalue weighted by Gasteiger charge is -2.08. The zero-order chi connectivity index (χ0) is 10.4. The SMILES string of the molecule is CCC(N)CSc1ccc(OC)cc1. The minimum Gasteiger partial charge on any atom is -0.497 e. The van der Waals surface area contributed by atoms with Crippen LogP contribution >= 0.6 is 11.8 Å². The van der Waals surface area contributed by atoms with E-state index in [1.807, 2.05) is 12.1 Å². The smallest absolute Gasteiger partial charge is 0.118 e. The molecule has 0 spiro atoms. The van der Waals surface area contributed by atoms with Crippen LogP contribution in [0, 0.1) is 0 Å². The van der Waals surface area contributed by atoms with Gasteiger partial charge in [0.1, 0.15) is 5.75 Å². The van der Waals surface area contributed by atoms with Crippen LogP contribution in [0.2, 0.25) is 0 Å². The first-order valence-electron chi connectivity index (χ1n) is 4.78. The normalized spacial score (nSPS) is 12.5. The Hall–Kier alpha value is -0.670. The summed E-state index contributed by atoms with van der Waals surface area (Å²) < 4.78 is 5.08. The fourth-order valence-electron chi connectivity index (χ4n) is 0.993. The Labute approximate surface area is 89.8 Å². The number of hydrogen-bond acceptors (Lipinski definition) is 3. The molecule has 1 unspecified atom stereocenters. The molecule has 0 aliphatic heterocycles. The molecule has 2 N–H and O–H groups in total. The lowest BCUT2D eigenvalue weighted by Crippen LogP contribution is -2.21. The molecule has 0 aliphatic carbocycles. The first-order chi connectivity index (χ1) is 6.76. The van der Waals surface area contributed by atoms with E-state index in [0.717, 1.165) is 17.9 Å². The van der Waals surface area contributed by atoms with Crippen molar-refractivity contribution in [3.63, 3.8) is 0 Å². The van der Waals surface area contributed by atoms with Crippen LogP contribution in [0.5, 0.6) is 5.75 Å². The van der Waals surface area contributed by atoms with E-state index in [0.29, 0.717) is 6.04 Å². The van der Waals surface area contributed by atoms with E-state index >= 15 is 0 Å². The Morgan fingerprint density at radius 2 is 2.00 bits per heavy atom. The summed E-state index contributed by atoms with van der Waals surface area (Å²) >= 11 is 1.79. The van der Waals surface area contributed by atoms with E-state index in [4.69, 9.17) is 10.5 Å². The molecule has 78 valence electrons. The van der Waals surface area contributed by atoms with Crippen molar-refractivity contribution in [1.82, 2.24) is 0 Å². The van der Waals surface area contributed by atoms with Crippen LogP contribution in [0.4, 0.5) is 0 Å². The fraction of sp³-hybridized carbons (Fsp3) is 0.455. The van der Waals surface area contributed by atoms with Crippen molar-refractivity contribution < 1.29 is 4.74 Å². The van der Waals surface area contributed by atoms with E-state index in [9.17, 15) is 0 Å². The highest BCUT2D eigenvalue weighted by molar-refractivity contribution is 7.99. The van der Waals surface area contributed by atoms with Gasteiger partial charge >= 0.3 is 0 Å². The van der Waals surface area contributed by atoms with E-state index in [-0.39, 0.29) is 0 Å². The second-order valence-corrected chi connectivity index (χ2v) is 4.25. The average molecular weight is 211 g/mol. The van der Waals surface area contributed by atoms with Crippen LogP contribution in [0.15, 0.2) is 29.2 Å². The first-order valence-corrected chi connectivity index (χ1v) is 5.77. The molecule has 1 atom stereocenters. The molecule has 0 bridgehead atoms. The van der Waals surface area contributed by atoms with Gasteiger partial charge in [0, 0.05) is 16.7 Å². The average Bonchev–Trinajstić information content (AvgIpc) is 2.26. The van der Waals surface area contributed by atoms with E-state index in [1.54, 1.807) is 18.9 Å². The Morgan fingerprint density at radius 1 is 1.36 bits per heavy atom. The topological polar surface area (TPSA) is 35.2 Å². The molecule has 3 heteroatoms. The zero-order valence-corrected chi connectivity index (χ0v) is 9.51. The third-order valence-corrected chi connectivity index (χ3v) is 3.25. The molecule has 14 heavy (non-hydrogen) atoms. The molecule has 0 heterocycles. The van der Waals surface area contributed by atoms with Gasteiger partial charge in [0.05, 0.1) is 7.11 Å². The standard InChI is InChI=1S/C11H17NOS/c1-3-9(12)8-14-11-6-4-10(13-2)5-7-11/h4-7,9H,3,8,12H2,1-2H3. The van der Waals surface area contributed by atoms with Gasteiger partial charge in [-0.3, -0.25) is 0 Å². The van der Waals surface area contributed by atoms with Crippen molar-refractivity contribution in [2.75, 3.05) is 12.9 Å². The highest BCUT2D eigenvalue weighted by atomic mass is 32.2. The third-order valence-electron chi connectivity index (χ3n) is 2.05. The van der Waals surface area contributed by atoms with E-state index in [2.05, 4.69) is 19.1 Å². The number of hydrogen-bond donors (Lipinski definition) is 1. The number of benzene rings is 1. The predicted molar refractivity (Wildman–Crippen MR) is 62.0 cm³/mol. The van der Waals surface area contributed by atoms with Gasteiger partial charge in [-0.1, -0.05) is 6.92 Å². The molecule has 0 aliphatic rings. The van der Waals surface area contributed by atoms with Gasteiger partial charge in [0.2, 0.25) is 0 Å². The van der Waals surface area contributed by atoms with Gasteiger partial charge in [0.25, 0.3) is 0 Å². The molecule has 0 amide bonds. The fourth-order valence-corrected chi connectivity index (χ4v) is 1.96. The molecule has 2 nitrogen and oxygen atoms in total. The van der Waals surface area contributed by atoms with E-state index < -0.39 is 0 Å². The second-order valence-electron chi connectivity index (χ2n) is 3.15. The van der Waals surface area contributed by atoms with Crippen molar-refractivity contribution in [2.24, 2.45) is 5.73 Å². The summed E-state index contributed by atoms with van der Waals surface area (Å²) in [6.07, 6.45) is 1.03. The molecule has 0 saturated carbocycles. The lowest BCUT2D eigenvalue weighted by atomic mass is 10.3. The molecule has 0 aromatic heterocycles.